The summed E-state index contributed by atoms with van der Waals surface area (Å²) in [6, 6.07) is 14.9. The molecular formula is C21H21ClN2O2S. The molecule has 0 saturated carbocycles. The van der Waals surface area contributed by atoms with Crippen molar-refractivity contribution in [2.45, 2.75) is 13.8 Å². The first kappa shape index (κ1) is 19.5. The Kier molecular flexibility index (Phi) is 6.24. The maximum Gasteiger partial charge on any atom is 0.266 e. The number of carbonyl (C=O) groups excluding carboxylic acids is 1. The Balaban J connectivity index is 1.91. The van der Waals surface area contributed by atoms with Crippen LogP contribution in [0.3, 0.4) is 0 Å². The van der Waals surface area contributed by atoms with Crippen LogP contribution in [0.4, 0.5) is 5.69 Å². The third kappa shape index (κ3) is 4.93. The number of amides is 1. The summed E-state index contributed by atoms with van der Waals surface area (Å²) < 4.78 is 5.18. The van der Waals surface area contributed by atoms with E-state index in [0.29, 0.717) is 27.6 Å². The molecule has 1 fully saturated rings. The molecule has 27 heavy (non-hydrogen) atoms. The van der Waals surface area contributed by atoms with Crippen molar-refractivity contribution in [2.75, 3.05) is 13.7 Å². The lowest BCUT2D eigenvalue weighted by Crippen LogP contribution is -2.32. The topological polar surface area (TPSA) is 41.9 Å². The molecule has 1 saturated heterocycles. The Morgan fingerprint density at radius 2 is 1.81 bits per heavy atom. The predicted molar refractivity (Wildman–Crippen MR) is 114 cm³/mol. The van der Waals surface area contributed by atoms with Gasteiger partial charge in [-0.2, -0.15) is 0 Å². The van der Waals surface area contributed by atoms with Crippen LogP contribution in [0.25, 0.3) is 6.08 Å². The van der Waals surface area contributed by atoms with E-state index >= 15 is 0 Å². The Labute approximate surface area is 168 Å². The number of ether oxygens (including phenoxy) is 1. The molecule has 1 aliphatic rings. The van der Waals surface area contributed by atoms with Crippen molar-refractivity contribution in [1.29, 1.82) is 0 Å². The van der Waals surface area contributed by atoms with E-state index < -0.39 is 0 Å². The van der Waals surface area contributed by atoms with Gasteiger partial charge in [0.1, 0.15) is 5.75 Å². The maximum absolute atomic E-state index is 12.9. The van der Waals surface area contributed by atoms with E-state index in [-0.39, 0.29) is 5.91 Å². The molecule has 2 aromatic carbocycles. The molecule has 6 heteroatoms. The first-order valence-electron chi connectivity index (χ1n) is 8.66. The molecule has 140 valence electrons. The summed E-state index contributed by atoms with van der Waals surface area (Å²) in [7, 11) is 1.63. The highest BCUT2D eigenvalue weighted by Gasteiger charge is 2.33. The molecule has 1 amide bonds. The number of benzene rings is 2. The quantitative estimate of drug-likeness (QED) is 0.612. The maximum atomic E-state index is 12.9. The fourth-order valence-electron chi connectivity index (χ4n) is 2.60. The third-order valence-corrected chi connectivity index (χ3v) is 5.16. The number of thioether (sulfide) groups is 1. The van der Waals surface area contributed by atoms with Gasteiger partial charge in [-0.3, -0.25) is 9.69 Å². The van der Waals surface area contributed by atoms with Crippen molar-refractivity contribution < 1.29 is 9.53 Å². The highest BCUT2D eigenvalue weighted by Crippen LogP contribution is 2.35. The molecule has 0 spiro atoms. The predicted octanol–water partition coefficient (Wildman–Crippen LogP) is 5.61. The van der Waals surface area contributed by atoms with Crippen molar-refractivity contribution in [3.05, 3.63) is 64.0 Å². The largest absolute Gasteiger partial charge is 0.497 e. The van der Waals surface area contributed by atoms with Gasteiger partial charge in [0.25, 0.3) is 5.91 Å². The van der Waals surface area contributed by atoms with E-state index in [0.717, 1.165) is 17.0 Å². The lowest BCUT2D eigenvalue weighted by Gasteiger charge is -2.17. The van der Waals surface area contributed by atoms with Gasteiger partial charge >= 0.3 is 0 Å². The van der Waals surface area contributed by atoms with Gasteiger partial charge in [-0.15, -0.1) is 0 Å². The molecule has 0 unspecified atom stereocenters. The normalized spacial score (nSPS) is 17.4. The molecule has 1 aliphatic heterocycles. The van der Waals surface area contributed by atoms with Crippen LogP contribution in [0.15, 0.2) is 58.4 Å². The van der Waals surface area contributed by atoms with Crippen molar-refractivity contribution >= 4 is 46.2 Å². The summed E-state index contributed by atoms with van der Waals surface area (Å²) in [5, 5.41) is 1.35. The second kappa shape index (κ2) is 8.63. The van der Waals surface area contributed by atoms with Crippen molar-refractivity contribution in [1.82, 2.24) is 4.90 Å². The van der Waals surface area contributed by atoms with E-state index in [1.165, 1.54) is 11.8 Å². The molecule has 0 N–H and O–H groups in total. The molecule has 0 aliphatic carbocycles. The number of carbonyl (C=O) groups is 1. The second-order valence-corrected chi connectivity index (χ2v) is 8.01. The van der Waals surface area contributed by atoms with Crippen LogP contribution in [0, 0.1) is 5.92 Å². The smallest absolute Gasteiger partial charge is 0.266 e. The highest BCUT2D eigenvalue weighted by atomic mass is 35.5. The van der Waals surface area contributed by atoms with Crippen molar-refractivity contribution in [3.63, 3.8) is 0 Å². The Morgan fingerprint density at radius 1 is 1.15 bits per heavy atom. The second-order valence-electron chi connectivity index (χ2n) is 6.56. The number of nitrogens with zero attached hydrogens (tertiary/aromatic N) is 2. The average molecular weight is 401 g/mol. The van der Waals surface area contributed by atoms with Gasteiger partial charge in [-0.05, 0) is 65.7 Å². The Hall–Kier alpha value is -2.24. The molecule has 2 aromatic rings. The van der Waals surface area contributed by atoms with Gasteiger partial charge in [0.05, 0.1) is 17.7 Å². The number of halogens is 1. The zero-order valence-corrected chi connectivity index (χ0v) is 17.1. The zero-order valence-electron chi connectivity index (χ0n) is 15.5. The van der Waals surface area contributed by atoms with Crippen LogP contribution in [-0.2, 0) is 4.79 Å². The number of amidine groups is 1. The minimum Gasteiger partial charge on any atom is -0.497 e. The molecule has 4 nitrogen and oxygen atoms in total. The van der Waals surface area contributed by atoms with Crippen LogP contribution >= 0.6 is 23.4 Å². The minimum absolute atomic E-state index is 0.0165. The molecule has 1 heterocycles. The van der Waals surface area contributed by atoms with Gasteiger partial charge in [-0.25, -0.2) is 4.99 Å². The summed E-state index contributed by atoms with van der Waals surface area (Å²) in [4.78, 5) is 20.0. The van der Waals surface area contributed by atoms with Crippen LogP contribution in [-0.4, -0.2) is 29.6 Å². The van der Waals surface area contributed by atoms with Gasteiger partial charge in [-0.1, -0.05) is 37.6 Å². The lowest BCUT2D eigenvalue weighted by molar-refractivity contribution is -0.122. The Bertz CT molecular complexity index is 874. The Morgan fingerprint density at radius 3 is 2.41 bits per heavy atom. The summed E-state index contributed by atoms with van der Waals surface area (Å²) >= 11 is 7.34. The standard InChI is InChI=1S/C21H21ClN2O2S/c1-14(2)13-24-20(25)19(12-15-4-10-18(26-3)11-5-15)27-21(24)23-17-8-6-16(22)7-9-17/h4-12,14H,13H2,1-3H3/b19-12-,23-21?. The van der Waals surface area contributed by atoms with E-state index in [1.54, 1.807) is 24.1 Å². The SMILES string of the molecule is COc1ccc(/C=C2\SC(=Nc3ccc(Cl)cc3)N(CC(C)C)C2=O)cc1. The molecule has 0 bridgehead atoms. The fourth-order valence-corrected chi connectivity index (χ4v) is 3.73. The number of hydrogen-bond acceptors (Lipinski definition) is 4. The third-order valence-electron chi connectivity index (χ3n) is 3.90. The average Bonchev–Trinajstić information content (AvgIpc) is 2.92. The number of methoxy groups -OCH3 is 1. The fraction of sp³-hybridized carbons (Fsp3) is 0.238. The van der Waals surface area contributed by atoms with Crippen molar-refractivity contribution in [2.24, 2.45) is 10.9 Å². The van der Waals surface area contributed by atoms with Crippen LogP contribution in [0.5, 0.6) is 5.75 Å². The van der Waals surface area contributed by atoms with Gasteiger partial charge in [0.15, 0.2) is 5.17 Å². The lowest BCUT2D eigenvalue weighted by atomic mass is 10.2. The van der Waals surface area contributed by atoms with Gasteiger partial charge in [0.2, 0.25) is 0 Å². The summed E-state index contributed by atoms with van der Waals surface area (Å²) in [6.07, 6.45) is 1.89. The number of aliphatic imine (C=N–C) groups is 1. The van der Waals surface area contributed by atoms with E-state index in [1.807, 2.05) is 42.5 Å². The first-order chi connectivity index (χ1) is 13.0. The molecule has 0 radical (unpaired) electrons. The number of hydrogen-bond donors (Lipinski definition) is 0. The summed E-state index contributed by atoms with van der Waals surface area (Å²) in [5.74, 6) is 1.11. The summed E-state index contributed by atoms with van der Waals surface area (Å²) in [5.41, 5.74) is 1.72. The summed E-state index contributed by atoms with van der Waals surface area (Å²) in [6.45, 7) is 4.80. The highest BCUT2D eigenvalue weighted by molar-refractivity contribution is 8.18. The first-order valence-corrected chi connectivity index (χ1v) is 9.85. The van der Waals surface area contributed by atoms with Crippen molar-refractivity contribution in [3.8, 4) is 5.75 Å². The van der Waals surface area contributed by atoms with Gasteiger partial charge in [0, 0.05) is 11.6 Å². The molecule has 0 aromatic heterocycles. The van der Waals surface area contributed by atoms with Crippen LogP contribution in [0.2, 0.25) is 5.02 Å². The van der Waals surface area contributed by atoms with Gasteiger partial charge < -0.3 is 4.74 Å². The molecular weight excluding hydrogens is 380 g/mol. The number of rotatable bonds is 5. The minimum atomic E-state index is -0.0165. The monoisotopic (exact) mass is 400 g/mol. The zero-order chi connectivity index (χ0) is 19.4. The van der Waals surface area contributed by atoms with E-state index in [2.05, 4.69) is 18.8 Å². The van der Waals surface area contributed by atoms with Crippen LogP contribution in [0.1, 0.15) is 19.4 Å². The van der Waals surface area contributed by atoms with E-state index in [4.69, 9.17) is 16.3 Å². The van der Waals surface area contributed by atoms with E-state index in [9.17, 15) is 4.79 Å². The molecule has 3 rings (SSSR count). The van der Waals surface area contributed by atoms with Crippen LogP contribution < -0.4 is 4.74 Å². The molecule has 0 atom stereocenters.